The number of carbonyl (C=O) groups is 1. The maximum absolute atomic E-state index is 11.9. The van der Waals surface area contributed by atoms with Gasteiger partial charge in [-0.25, -0.2) is 9.97 Å². The van der Waals surface area contributed by atoms with Crippen LogP contribution < -0.4 is 10.2 Å². The molecule has 1 amide bonds. The third kappa shape index (κ3) is 2.80. The molecule has 1 fully saturated rings. The van der Waals surface area contributed by atoms with Gasteiger partial charge in [0.15, 0.2) is 0 Å². The molecule has 6 nitrogen and oxygen atoms in total. The minimum Gasteiger partial charge on any atom is -0.354 e. The number of fused-ring (bicyclic) bond motifs is 1. The second-order valence-corrected chi connectivity index (χ2v) is 6.19. The van der Waals surface area contributed by atoms with Crippen molar-refractivity contribution in [2.75, 3.05) is 24.5 Å². The molecular formula is C17H16ClN5O. The van der Waals surface area contributed by atoms with Gasteiger partial charge in [0.1, 0.15) is 5.82 Å². The summed E-state index contributed by atoms with van der Waals surface area (Å²) in [5.74, 6) is 0.787. The number of pyridine rings is 1. The third-order valence-corrected chi connectivity index (χ3v) is 4.34. The van der Waals surface area contributed by atoms with Crippen LogP contribution in [0.3, 0.4) is 0 Å². The van der Waals surface area contributed by atoms with Crippen LogP contribution in [0.15, 0.2) is 43.0 Å². The van der Waals surface area contributed by atoms with Crippen LogP contribution in [-0.4, -0.2) is 40.1 Å². The average Bonchev–Trinajstić information content (AvgIpc) is 3.02. The topological polar surface area (TPSA) is 63.1 Å². The molecule has 4 rings (SSSR count). The minimum atomic E-state index is 0.0182. The zero-order chi connectivity index (χ0) is 16.5. The largest absolute Gasteiger partial charge is 0.354 e. The van der Waals surface area contributed by atoms with Gasteiger partial charge in [0.2, 0.25) is 5.91 Å². The first-order chi connectivity index (χ1) is 11.7. The predicted octanol–water partition coefficient (Wildman–Crippen LogP) is 2.40. The van der Waals surface area contributed by atoms with Crippen molar-refractivity contribution in [1.29, 1.82) is 0 Å². The second kappa shape index (κ2) is 6.13. The Morgan fingerprint density at radius 3 is 3.00 bits per heavy atom. The van der Waals surface area contributed by atoms with Crippen molar-refractivity contribution in [1.82, 2.24) is 19.9 Å². The molecule has 7 heteroatoms. The summed E-state index contributed by atoms with van der Waals surface area (Å²) in [4.78, 5) is 22.7. The molecule has 1 saturated heterocycles. The van der Waals surface area contributed by atoms with Gasteiger partial charge < -0.3 is 14.8 Å². The first kappa shape index (κ1) is 15.0. The third-order valence-electron chi connectivity index (χ3n) is 4.10. The van der Waals surface area contributed by atoms with Gasteiger partial charge in [-0.15, -0.1) is 0 Å². The molecule has 0 bridgehead atoms. The van der Waals surface area contributed by atoms with Crippen LogP contribution in [0, 0.1) is 0 Å². The number of amides is 1. The Kier molecular flexibility index (Phi) is 3.82. The molecule has 1 aliphatic heterocycles. The molecule has 1 aromatic carbocycles. The second-order valence-electron chi connectivity index (χ2n) is 5.76. The fourth-order valence-electron chi connectivity index (χ4n) is 2.95. The van der Waals surface area contributed by atoms with E-state index in [1.165, 1.54) is 0 Å². The van der Waals surface area contributed by atoms with Crippen LogP contribution >= 0.6 is 11.6 Å². The summed E-state index contributed by atoms with van der Waals surface area (Å²) < 4.78 is 1.94. The van der Waals surface area contributed by atoms with Crippen molar-refractivity contribution >= 4 is 34.2 Å². The van der Waals surface area contributed by atoms with E-state index in [0.29, 0.717) is 18.1 Å². The summed E-state index contributed by atoms with van der Waals surface area (Å²) in [6.45, 7) is 1.78. The van der Waals surface area contributed by atoms with Crippen molar-refractivity contribution in [2.45, 2.75) is 6.42 Å². The molecule has 3 aromatic rings. The monoisotopic (exact) mass is 341 g/mol. The van der Waals surface area contributed by atoms with Crippen molar-refractivity contribution in [3.8, 4) is 5.69 Å². The molecule has 0 unspecified atom stereocenters. The normalized spacial score (nSPS) is 15.4. The summed E-state index contributed by atoms with van der Waals surface area (Å²) in [5, 5.41) is 4.51. The number of aromatic nitrogens is 3. The van der Waals surface area contributed by atoms with Gasteiger partial charge in [-0.05, 0) is 24.6 Å². The Balaban J connectivity index is 1.88. The zero-order valence-electron chi connectivity index (χ0n) is 12.9. The maximum Gasteiger partial charge on any atom is 0.239 e. The van der Waals surface area contributed by atoms with Crippen LogP contribution in [0.5, 0.6) is 0 Å². The van der Waals surface area contributed by atoms with Gasteiger partial charge in [0.05, 0.1) is 24.1 Å². The highest BCUT2D eigenvalue weighted by Gasteiger charge is 2.18. The van der Waals surface area contributed by atoms with Crippen molar-refractivity contribution in [3.05, 3.63) is 48.0 Å². The summed E-state index contributed by atoms with van der Waals surface area (Å²) >= 11 is 6.15. The molecule has 2 aromatic heterocycles. The van der Waals surface area contributed by atoms with E-state index in [0.717, 1.165) is 35.4 Å². The van der Waals surface area contributed by atoms with Gasteiger partial charge >= 0.3 is 0 Å². The number of halogens is 1. The predicted molar refractivity (Wildman–Crippen MR) is 93.7 cm³/mol. The molecule has 0 atom stereocenters. The number of anilines is 1. The van der Waals surface area contributed by atoms with E-state index in [1.807, 2.05) is 39.9 Å². The van der Waals surface area contributed by atoms with E-state index in [2.05, 4.69) is 10.3 Å². The fourth-order valence-corrected chi connectivity index (χ4v) is 3.11. The Morgan fingerprint density at radius 1 is 1.25 bits per heavy atom. The van der Waals surface area contributed by atoms with Crippen molar-refractivity contribution < 1.29 is 4.79 Å². The fraction of sp³-hybridized carbons (Fsp3) is 0.235. The highest BCUT2D eigenvalue weighted by atomic mass is 35.5. The van der Waals surface area contributed by atoms with Crippen molar-refractivity contribution in [3.63, 3.8) is 0 Å². The molecule has 0 spiro atoms. The van der Waals surface area contributed by atoms with Gasteiger partial charge in [-0.3, -0.25) is 4.79 Å². The highest BCUT2D eigenvalue weighted by molar-refractivity contribution is 6.31. The van der Waals surface area contributed by atoms with Crippen LogP contribution in [0.2, 0.25) is 5.02 Å². The number of carbonyl (C=O) groups excluding carboxylic acids is 1. The lowest BCUT2D eigenvalue weighted by Crippen LogP contribution is -2.33. The van der Waals surface area contributed by atoms with E-state index in [9.17, 15) is 4.79 Å². The lowest BCUT2D eigenvalue weighted by atomic mass is 10.1. The number of hydrogen-bond donors (Lipinski definition) is 1. The number of nitrogens with zero attached hydrogens (tertiary/aromatic N) is 4. The number of nitrogens with one attached hydrogen (secondary N) is 1. The zero-order valence-corrected chi connectivity index (χ0v) is 13.7. The highest BCUT2D eigenvalue weighted by Crippen LogP contribution is 2.28. The molecule has 0 radical (unpaired) electrons. The van der Waals surface area contributed by atoms with E-state index >= 15 is 0 Å². The standard InChI is InChI=1S/C17H16ClN5O/c18-12-2-3-13-14(8-12)21-16(9-15(13)23-7-5-19-11-23)22-6-1-4-20-17(24)10-22/h2-3,5,7-9,11H,1,4,6,10H2,(H,20,24). The van der Waals surface area contributed by atoms with Crippen LogP contribution in [0.4, 0.5) is 5.82 Å². The van der Waals surface area contributed by atoms with Crippen LogP contribution in [0.25, 0.3) is 16.6 Å². The van der Waals surface area contributed by atoms with Crippen LogP contribution in [-0.2, 0) is 4.79 Å². The molecule has 3 heterocycles. The van der Waals surface area contributed by atoms with Gasteiger partial charge in [0, 0.05) is 42.0 Å². The molecule has 122 valence electrons. The molecule has 1 N–H and O–H groups in total. The molecule has 0 saturated carbocycles. The Bertz CT molecular complexity index is 893. The SMILES string of the molecule is O=C1CN(c2cc(-n3ccnc3)c3ccc(Cl)cc3n2)CCCN1. The lowest BCUT2D eigenvalue weighted by molar-refractivity contribution is -0.119. The number of rotatable bonds is 2. The lowest BCUT2D eigenvalue weighted by Gasteiger charge is -2.22. The van der Waals surface area contributed by atoms with E-state index in [1.54, 1.807) is 12.5 Å². The summed E-state index contributed by atoms with van der Waals surface area (Å²) in [6.07, 6.45) is 6.27. The molecule has 0 aliphatic carbocycles. The van der Waals surface area contributed by atoms with Gasteiger partial charge in [0.25, 0.3) is 0 Å². The van der Waals surface area contributed by atoms with Crippen LogP contribution in [0.1, 0.15) is 6.42 Å². The number of imidazole rings is 1. The average molecular weight is 342 g/mol. The molecular weight excluding hydrogens is 326 g/mol. The Labute approximate surface area is 144 Å². The molecule has 1 aliphatic rings. The first-order valence-corrected chi connectivity index (χ1v) is 8.19. The smallest absolute Gasteiger partial charge is 0.239 e. The van der Waals surface area contributed by atoms with Crippen molar-refractivity contribution in [2.24, 2.45) is 0 Å². The summed E-state index contributed by atoms with van der Waals surface area (Å²) in [5.41, 5.74) is 1.77. The molecule has 24 heavy (non-hydrogen) atoms. The van der Waals surface area contributed by atoms with E-state index < -0.39 is 0 Å². The van der Waals surface area contributed by atoms with Gasteiger partial charge in [-0.2, -0.15) is 0 Å². The number of hydrogen-bond acceptors (Lipinski definition) is 4. The summed E-state index contributed by atoms with van der Waals surface area (Å²) in [6, 6.07) is 7.65. The quantitative estimate of drug-likeness (QED) is 0.777. The summed E-state index contributed by atoms with van der Waals surface area (Å²) in [7, 11) is 0. The minimum absolute atomic E-state index is 0.0182. The number of benzene rings is 1. The first-order valence-electron chi connectivity index (χ1n) is 7.81. The van der Waals surface area contributed by atoms with E-state index in [4.69, 9.17) is 16.6 Å². The van der Waals surface area contributed by atoms with E-state index in [-0.39, 0.29) is 5.91 Å². The Hall–Kier alpha value is -2.60. The maximum atomic E-state index is 11.9. The Morgan fingerprint density at radius 2 is 2.17 bits per heavy atom. The van der Waals surface area contributed by atoms with Gasteiger partial charge in [-0.1, -0.05) is 11.6 Å².